The highest BCUT2D eigenvalue weighted by atomic mass is 16.5. The molecule has 1 aliphatic rings. The van der Waals surface area contributed by atoms with Gasteiger partial charge in [-0.15, -0.1) is 0 Å². The van der Waals surface area contributed by atoms with Crippen LogP contribution in [0.3, 0.4) is 0 Å². The number of urea groups is 1. The molecule has 0 aliphatic carbocycles. The molecule has 2 aromatic rings. The molecule has 7 nitrogen and oxygen atoms in total. The van der Waals surface area contributed by atoms with Crippen molar-refractivity contribution in [3.63, 3.8) is 0 Å². The van der Waals surface area contributed by atoms with Crippen molar-refractivity contribution in [3.8, 4) is 5.75 Å². The highest BCUT2D eigenvalue weighted by Crippen LogP contribution is 2.26. The molecule has 1 atom stereocenters. The second-order valence-electron chi connectivity index (χ2n) is 6.35. The van der Waals surface area contributed by atoms with E-state index in [1.165, 1.54) is 0 Å². The topological polar surface area (TPSA) is 62.6 Å². The number of hydrogen-bond donors (Lipinski definition) is 1. The van der Waals surface area contributed by atoms with Crippen molar-refractivity contribution in [2.45, 2.75) is 19.1 Å². The zero-order chi connectivity index (χ0) is 17.6. The number of hydrogen-bond acceptors (Lipinski definition) is 4. The number of carbonyl (C=O) groups excluding carboxylic acids is 1. The van der Waals surface area contributed by atoms with Crippen molar-refractivity contribution >= 4 is 11.8 Å². The summed E-state index contributed by atoms with van der Waals surface area (Å²) in [5, 5.41) is 2.97. The zero-order valence-electron chi connectivity index (χ0n) is 14.8. The van der Waals surface area contributed by atoms with Crippen LogP contribution in [-0.2, 0) is 6.54 Å². The highest BCUT2D eigenvalue weighted by molar-refractivity contribution is 5.74. The number of nitrogens with one attached hydrogen (secondary N) is 1. The first kappa shape index (κ1) is 17.1. The summed E-state index contributed by atoms with van der Waals surface area (Å²) in [5.41, 5.74) is 0. The summed E-state index contributed by atoms with van der Waals surface area (Å²) in [6, 6.07) is 7.71. The summed E-state index contributed by atoms with van der Waals surface area (Å²) in [5.74, 6) is 1.56. The van der Waals surface area contributed by atoms with Crippen molar-refractivity contribution in [1.82, 2.24) is 19.8 Å². The normalized spacial score (nSPS) is 16.7. The van der Waals surface area contributed by atoms with E-state index < -0.39 is 0 Å². The second-order valence-corrected chi connectivity index (χ2v) is 6.35. The van der Waals surface area contributed by atoms with Crippen molar-refractivity contribution in [3.05, 3.63) is 42.9 Å². The van der Waals surface area contributed by atoms with Gasteiger partial charge >= 0.3 is 6.03 Å². The summed E-state index contributed by atoms with van der Waals surface area (Å²) in [7, 11) is 3.88. The van der Waals surface area contributed by atoms with Gasteiger partial charge in [0.15, 0.2) is 11.6 Å². The number of aromatic nitrogens is 2. The van der Waals surface area contributed by atoms with Crippen molar-refractivity contribution < 1.29 is 9.53 Å². The molecule has 3 rings (SSSR count). The molecule has 1 saturated heterocycles. The van der Waals surface area contributed by atoms with E-state index in [0.29, 0.717) is 19.6 Å². The van der Waals surface area contributed by atoms with E-state index in [-0.39, 0.29) is 12.1 Å². The summed E-state index contributed by atoms with van der Waals surface area (Å²) >= 11 is 0. The van der Waals surface area contributed by atoms with Crippen LogP contribution in [0.15, 0.2) is 42.9 Å². The number of likely N-dealkylation sites (tertiary alicyclic amines) is 1. The first-order valence-corrected chi connectivity index (χ1v) is 8.56. The van der Waals surface area contributed by atoms with E-state index in [1.54, 1.807) is 6.20 Å². The minimum atomic E-state index is -0.0303. The molecule has 2 amide bonds. The molecule has 0 spiro atoms. The minimum absolute atomic E-state index is 0.00176. The maximum atomic E-state index is 12.3. The Kier molecular flexibility index (Phi) is 5.42. The third kappa shape index (κ3) is 4.43. The van der Waals surface area contributed by atoms with Gasteiger partial charge in [-0.2, -0.15) is 0 Å². The monoisotopic (exact) mass is 343 g/mol. The van der Waals surface area contributed by atoms with Crippen LogP contribution in [0, 0.1) is 0 Å². The predicted molar refractivity (Wildman–Crippen MR) is 97.0 cm³/mol. The SMILES string of the molecule is CN(C)c1ncccc1OC1CCN(C(=O)NCCn2cccc2)C1. The van der Waals surface area contributed by atoms with Crippen LogP contribution in [0.5, 0.6) is 5.75 Å². The number of nitrogens with zero attached hydrogens (tertiary/aromatic N) is 4. The third-order valence-corrected chi connectivity index (χ3v) is 4.21. The standard InChI is InChI=1S/C18H25N5O2/c1-21(2)17-16(6-5-8-19-17)25-15-7-12-23(14-15)18(24)20-9-13-22-10-3-4-11-22/h3-6,8,10-11,15H,7,9,12-14H2,1-2H3,(H,20,24). The molecule has 7 heteroatoms. The molecule has 1 aliphatic heterocycles. The molecule has 1 N–H and O–H groups in total. The Balaban J connectivity index is 1.47. The summed E-state index contributed by atoms with van der Waals surface area (Å²) in [4.78, 5) is 20.4. The van der Waals surface area contributed by atoms with Crippen LogP contribution in [-0.4, -0.2) is 60.3 Å². The van der Waals surface area contributed by atoms with E-state index in [4.69, 9.17) is 4.74 Å². The van der Waals surface area contributed by atoms with Gasteiger partial charge in [0.2, 0.25) is 0 Å². The Bertz CT molecular complexity index is 687. The lowest BCUT2D eigenvalue weighted by molar-refractivity contribution is 0.187. The number of carbonyl (C=O) groups is 1. The van der Waals surface area contributed by atoms with Gasteiger partial charge in [0.05, 0.1) is 6.54 Å². The van der Waals surface area contributed by atoms with Crippen LogP contribution in [0.2, 0.25) is 0 Å². The van der Waals surface area contributed by atoms with Crippen molar-refractivity contribution in [2.24, 2.45) is 0 Å². The van der Waals surface area contributed by atoms with Crippen LogP contribution in [0.1, 0.15) is 6.42 Å². The van der Waals surface area contributed by atoms with Gasteiger partial charge in [0, 0.05) is 58.7 Å². The average molecular weight is 343 g/mol. The quantitative estimate of drug-likeness (QED) is 0.869. The Morgan fingerprint density at radius 3 is 2.92 bits per heavy atom. The van der Waals surface area contributed by atoms with Gasteiger partial charge < -0.3 is 24.4 Å². The Labute approximate surface area is 148 Å². The van der Waals surface area contributed by atoms with E-state index in [1.807, 2.05) is 65.1 Å². The molecular weight excluding hydrogens is 318 g/mol. The van der Waals surface area contributed by atoms with Crippen LogP contribution >= 0.6 is 0 Å². The average Bonchev–Trinajstić information content (AvgIpc) is 3.27. The number of rotatable bonds is 6. The molecule has 1 fully saturated rings. The molecular formula is C18H25N5O2. The van der Waals surface area contributed by atoms with E-state index in [2.05, 4.69) is 10.3 Å². The fraction of sp³-hybridized carbons (Fsp3) is 0.444. The number of amides is 2. The molecule has 2 aromatic heterocycles. The molecule has 3 heterocycles. The minimum Gasteiger partial charge on any atom is -0.485 e. The van der Waals surface area contributed by atoms with E-state index in [0.717, 1.165) is 24.5 Å². The van der Waals surface area contributed by atoms with Gasteiger partial charge in [-0.1, -0.05) is 0 Å². The maximum Gasteiger partial charge on any atom is 0.317 e. The fourth-order valence-corrected chi connectivity index (χ4v) is 2.92. The number of anilines is 1. The largest absolute Gasteiger partial charge is 0.485 e. The Morgan fingerprint density at radius 1 is 1.36 bits per heavy atom. The number of ether oxygens (including phenoxy) is 1. The lowest BCUT2D eigenvalue weighted by Crippen LogP contribution is -2.40. The second kappa shape index (κ2) is 7.92. The van der Waals surface area contributed by atoms with Gasteiger partial charge in [-0.25, -0.2) is 9.78 Å². The van der Waals surface area contributed by atoms with Gasteiger partial charge in [-0.3, -0.25) is 0 Å². The summed E-state index contributed by atoms with van der Waals surface area (Å²) in [6.07, 6.45) is 6.55. The number of pyridine rings is 1. The molecule has 0 bridgehead atoms. The molecule has 0 saturated carbocycles. The third-order valence-electron chi connectivity index (χ3n) is 4.21. The molecule has 134 valence electrons. The molecule has 0 radical (unpaired) electrons. The molecule has 25 heavy (non-hydrogen) atoms. The predicted octanol–water partition coefficient (Wildman–Crippen LogP) is 1.81. The lowest BCUT2D eigenvalue weighted by atomic mass is 10.3. The van der Waals surface area contributed by atoms with Gasteiger partial charge in [0.25, 0.3) is 0 Å². The lowest BCUT2D eigenvalue weighted by Gasteiger charge is -2.20. The Hall–Kier alpha value is -2.70. The van der Waals surface area contributed by atoms with Gasteiger partial charge in [0.1, 0.15) is 6.10 Å². The van der Waals surface area contributed by atoms with Crippen LogP contribution in [0.25, 0.3) is 0 Å². The van der Waals surface area contributed by atoms with Crippen molar-refractivity contribution in [2.75, 3.05) is 38.6 Å². The summed E-state index contributed by atoms with van der Waals surface area (Å²) < 4.78 is 8.12. The highest BCUT2D eigenvalue weighted by Gasteiger charge is 2.28. The molecule has 1 unspecified atom stereocenters. The zero-order valence-corrected chi connectivity index (χ0v) is 14.8. The maximum absolute atomic E-state index is 12.3. The smallest absolute Gasteiger partial charge is 0.317 e. The van der Waals surface area contributed by atoms with Crippen LogP contribution < -0.4 is 15.0 Å². The van der Waals surface area contributed by atoms with Gasteiger partial charge in [-0.05, 0) is 24.3 Å². The van der Waals surface area contributed by atoms with Crippen LogP contribution in [0.4, 0.5) is 10.6 Å². The Morgan fingerprint density at radius 2 is 2.16 bits per heavy atom. The fourth-order valence-electron chi connectivity index (χ4n) is 2.92. The molecule has 0 aromatic carbocycles. The van der Waals surface area contributed by atoms with E-state index >= 15 is 0 Å². The first-order chi connectivity index (χ1) is 12.1. The van der Waals surface area contributed by atoms with E-state index in [9.17, 15) is 4.79 Å². The summed E-state index contributed by atoms with van der Waals surface area (Å²) in [6.45, 7) is 2.69. The van der Waals surface area contributed by atoms with Crippen molar-refractivity contribution in [1.29, 1.82) is 0 Å². The first-order valence-electron chi connectivity index (χ1n) is 8.56.